The predicted octanol–water partition coefficient (Wildman–Crippen LogP) is 2.91. The van der Waals surface area contributed by atoms with Gasteiger partial charge in [-0.25, -0.2) is 4.98 Å². The van der Waals surface area contributed by atoms with E-state index in [4.69, 9.17) is 11.6 Å². The SMILES string of the molecule is CC#CCCNCc1[nH]c(CCCC)nc1Cl. The van der Waals surface area contributed by atoms with E-state index in [1.54, 1.807) is 0 Å². The van der Waals surface area contributed by atoms with E-state index in [0.29, 0.717) is 5.15 Å². The lowest BCUT2D eigenvalue weighted by Crippen LogP contribution is -2.14. The number of halogens is 1. The number of aryl methyl sites for hydroxylation is 1. The van der Waals surface area contributed by atoms with Gasteiger partial charge < -0.3 is 10.3 Å². The van der Waals surface area contributed by atoms with Gasteiger partial charge >= 0.3 is 0 Å². The lowest BCUT2D eigenvalue weighted by atomic mass is 10.2. The van der Waals surface area contributed by atoms with Gasteiger partial charge in [0.05, 0.1) is 5.69 Å². The first kappa shape index (κ1) is 14.1. The molecule has 0 fully saturated rings. The fourth-order valence-electron chi connectivity index (χ4n) is 1.51. The Morgan fingerprint density at radius 2 is 2.29 bits per heavy atom. The number of nitrogens with one attached hydrogen (secondary N) is 2. The van der Waals surface area contributed by atoms with Gasteiger partial charge in [0.25, 0.3) is 0 Å². The molecule has 1 heterocycles. The monoisotopic (exact) mass is 253 g/mol. The van der Waals surface area contributed by atoms with Gasteiger partial charge in [-0.3, -0.25) is 0 Å². The van der Waals surface area contributed by atoms with Crippen molar-refractivity contribution in [2.24, 2.45) is 0 Å². The molecule has 0 saturated heterocycles. The number of imidazole rings is 1. The van der Waals surface area contributed by atoms with Crippen LogP contribution in [0, 0.1) is 11.8 Å². The minimum atomic E-state index is 0.588. The second-order valence-corrected chi connectivity index (χ2v) is 4.27. The van der Waals surface area contributed by atoms with Crippen molar-refractivity contribution in [2.75, 3.05) is 6.54 Å². The highest BCUT2D eigenvalue weighted by molar-refractivity contribution is 6.30. The van der Waals surface area contributed by atoms with Crippen molar-refractivity contribution < 1.29 is 0 Å². The first-order valence-corrected chi connectivity index (χ1v) is 6.49. The molecule has 0 radical (unpaired) electrons. The summed E-state index contributed by atoms with van der Waals surface area (Å²) < 4.78 is 0. The van der Waals surface area contributed by atoms with Crippen LogP contribution in [-0.4, -0.2) is 16.5 Å². The number of aromatic nitrogens is 2. The molecule has 1 rings (SSSR count). The van der Waals surface area contributed by atoms with E-state index in [1.165, 1.54) is 6.42 Å². The third kappa shape index (κ3) is 5.25. The van der Waals surface area contributed by atoms with E-state index in [2.05, 4.69) is 34.0 Å². The van der Waals surface area contributed by atoms with E-state index in [-0.39, 0.29) is 0 Å². The largest absolute Gasteiger partial charge is 0.344 e. The summed E-state index contributed by atoms with van der Waals surface area (Å²) in [5.74, 6) is 6.87. The molecular weight excluding hydrogens is 234 g/mol. The van der Waals surface area contributed by atoms with Gasteiger partial charge in [-0.1, -0.05) is 24.9 Å². The predicted molar refractivity (Wildman–Crippen MR) is 72.0 cm³/mol. The zero-order chi connectivity index (χ0) is 12.5. The van der Waals surface area contributed by atoms with Gasteiger partial charge in [0.15, 0.2) is 5.15 Å². The Morgan fingerprint density at radius 3 is 3.00 bits per heavy atom. The third-order valence-corrected chi connectivity index (χ3v) is 2.76. The van der Waals surface area contributed by atoms with Crippen LogP contribution in [0.4, 0.5) is 0 Å². The average Bonchev–Trinajstić information content (AvgIpc) is 2.67. The first-order valence-electron chi connectivity index (χ1n) is 6.11. The van der Waals surface area contributed by atoms with Crippen molar-refractivity contribution in [1.82, 2.24) is 15.3 Å². The van der Waals surface area contributed by atoms with Crippen molar-refractivity contribution in [3.05, 3.63) is 16.7 Å². The van der Waals surface area contributed by atoms with Crippen LogP contribution in [0.1, 0.15) is 44.6 Å². The highest BCUT2D eigenvalue weighted by Crippen LogP contribution is 2.13. The zero-order valence-electron chi connectivity index (χ0n) is 10.6. The number of aromatic amines is 1. The molecule has 0 unspecified atom stereocenters. The minimum absolute atomic E-state index is 0.588. The molecule has 0 saturated carbocycles. The molecule has 0 amide bonds. The van der Waals surface area contributed by atoms with Crippen molar-refractivity contribution in [1.29, 1.82) is 0 Å². The van der Waals surface area contributed by atoms with E-state index >= 15 is 0 Å². The molecule has 94 valence electrons. The topological polar surface area (TPSA) is 40.7 Å². The Morgan fingerprint density at radius 1 is 1.47 bits per heavy atom. The van der Waals surface area contributed by atoms with E-state index in [1.807, 2.05) is 6.92 Å². The number of hydrogen-bond donors (Lipinski definition) is 2. The molecule has 0 aliphatic carbocycles. The smallest absolute Gasteiger partial charge is 0.151 e. The van der Waals surface area contributed by atoms with Crippen LogP contribution in [0.5, 0.6) is 0 Å². The zero-order valence-corrected chi connectivity index (χ0v) is 11.3. The van der Waals surface area contributed by atoms with Crippen molar-refractivity contribution in [3.63, 3.8) is 0 Å². The number of H-pyrrole nitrogens is 1. The van der Waals surface area contributed by atoms with Gasteiger partial charge in [-0.05, 0) is 13.3 Å². The van der Waals surface area contributed by atoms with Crippen LogP contribution in [0.3, 0.4) is 0 Å². The van der Waals surface area contributed by atoms with Crippen molar-refractivity contribution >= 4 is 11.6 Å². The number of hydrogen-bond acceptors (Lipinski definition) is 2. The van der Waals surface area contributed by atoms with Gasteiger partial charge in [0.2, 0.25) is 0 Å². The highest BCUT2D eigenvalue weighted by Gasteiger charge is 2.06. The van der Waals surface area contributed by atoms with Crippen LogP contribution in [-0.2, 0) is 13.0 Å². The Balaban J connectivity index is 2.36. The standard InChI is InChI=1S/C13H20ClN3/c1-3-5-7-9-15-10-11-13(14)17-12(16-11)8-6-4-2/h15H,4,6-10H2,1-2H3,(H,16,17). The summed E-state index contributed by atoms with van der Waals surface area (Å²) in [5, 5.41) is 3.88. The molecule has 1 aromatic heterocycles. The van der Waals surface area contributed by atoms with E-state index in [0.717, 1.165) is 43.9 Å². The number of nitrogens with zero attached hydrogens (tertiary/aromatic N) is 1. The van der Waals surface area contributed by atoms with E-state index < -0.39 is 0 Å². The lowest BCUT2D eigenvalue weighted by Gasteiger charge is -2.00. The molecule has 0 spiro atoms. The van der Waals surface area contributed by atoms with Gasteiger partial charge in [0.1, 0.15) is 5.82 Å². The fraction of sp³-hybridized carbons (Fsp3) is 0.615. The Labute approximate surface area is 108 Å². The maximum absolute atomic E-state index is 6.05. The summed E-state index contributed by atoms with van der Waals surface area (Å²) in [7, 11) is 0. The van der Waals surface area contributed by atoms with Crippen molar-refractivity contribution in [2.45, 2.75) is 46.1 Å². The summed E-state index contributed by atoms with van der Waals surface area (Å²) in [6.07, 6.45) is 4.15. The summed E-state index contributed by atoms with van der Waals surface area (Å²) in [4.78, 5) is 7.57. The van der Waals surface area contributed by atoms with Crippen LogP contribution in [0.25, 0.3) is 0 Å². The summed E-state index contributed by atoms with van der Waals surface area (Å²) in [6, 6.07) is 0. The Hall–Kier alpha value is -0.980. The van der Waals surface area contributed by atoms with Crippen LogP contribution in [0.2, 0.25) is 5.15 Å². The molecule has 17 heavy (non-hydrogen) atoms. The maximum atomic E-state index is 6.05. The van der Waals surface area contributed by atoms with E-state index in [9.17, 15) is 0 Å². The van der Waals surface area contributed by atoms with Crippen LogP contribution >= 0.6 is 11.6 Å². The maximum Gasteiger partial charge on any atom is 0.151 e. The Bertz CT molecular complexity index is 387. The fourth-order valence-corrected chi connectivity index (χ4v) is 1.72. The quantitative estimate of drug-likeness (QED) is 0.580. The number of rotatable bonds is 7. The molecule has 3 nitrogen and oxygen atoms in total. The summed E-state index contributed by atoms with van der Waals surface area (Å²) in [5.41, 5.74) is 0.974. The molecule has 1 aromatic rings. The molecule has 0 atom stereocenters. The van der Waals surface area contributed by atoms with Gasteiger partial charge in [-0.15, -0.1) is 11.8 Å². The molecule has 0 aliphatic rings. The minimum Gasteiger partial charge on any atom is -0.344 e. The highest BCUT2D eigenvalue weighted by atomic mass is 35.5. The molecule has 0 aromatic carbocycles. The Kier molecular flexibility index (Phi) is 6.76. The van der Waals surface area contributed by atoms with Crippen LogP contribution in [0.15, 0.2) is 0 Å². The van der Waals surface area contributed by atoms with Crippen molar-refractivity contribution in [3.8, 4) is 11.8 Å². The number of unbranched alkanes of at least 4 members (excludes halogenated alkanes) is 1. The molecule has 4 heteroatoms. The molecular formula is C13H20ClN3. The second-order valence-electron chi connectivity index (χ2n) is 3.91. The molecule has 2 N–H and O–H groups in total. The average molecular weight is 254 g/mol. The molecule has 0 bridgehead atoms. The van der Waals surface area contributed by atoms with Gasteiger partial charge in [-0.2, -0.15) is 0 Å². The lowest BCUT2D eigenvalue weighted by molar-refractivity contribution is 0.686. The molecule has 0 aliphatic heterocycles. The third-order valence-electron chi connectivity index (χ3n) is 2.45. The summed E-state index contributed by atoms with van der Waals surface area (Å²) >= 11 is 6.05. The second kappa shape index (κ2) is 8.16. The first-order chi connectivity index (χ1) is 8.27. The van der Waals surface area contributed by atoms with Crippen LogP contribution < -0.4 is 5.32 Å². The normalized spacial score (nSPS) is 10.1. The summed E-state index contributed by atoms with van der Waals surface area (Å²) in [6.45, 7) is 5.62. The van der Waals surface area contributed by atoms with Gasteiger partial charge in [0, 0.05) is 25.9 Å².